The molecule has 260 valence electrons. The maximum Gasteiger partial charge on any atom is 0.0546 e. The molecule has 0 spiro atoms. The Morgan fingerprint density at radius 3 is 1.91 bits per heavy atom. The normalized spacial score (nSPS) is 13.1. The van der Waals surface area contributed by atoms with Crippen molar-refractivity contribution in [3.63, 3.8) is 0 Å². The molecular weight excluding hydrogens is 683 g/mol. The van der Waals surface area contributed by atoms with E-state index in [1.807, 2.05) is 11.3 Å². The second kappa shape index (κ2) is 12.3. The summed E-state index contributed by atoms with van der Waals surface area (Å²) in [6.45, 7) is 4.73. The molecule has 9 aromatic carbocycles. The molecule has 0 saturated carbocycles. The minimum atomic E-state index is -0.103. The molecule has 55 heavy (non-hydrogen) atoms. The van der Waals surface area contributed by atoms with Gasteiger partial charge in [-0.05, 0) is 103 Å². The van der Waals surface area contributed by atoms with Crippen LogP contribution in [0, 0.1) is 0 Å². The number of anilines is 3. The quantitative estimate of drug-likeness (QED) is 0.160. The lowest BCUT2D eigenvalue weighted by Gasteiger charge is -2.29. The van der Waals surface area contributed by atoms with Crippen LogP contribution in [0.15, 0.2) is 188 Å². The zero-order valence-electron chi connectivity index (χ0n) is 30.8. The number of thiophene rings is 1. The van der Waals surface area contributed by atoms with E-state index >= 15 is 0 Å². The number of rotatable bonds is 5. The van der Waals surface area contributed by atoms with Crippen LogP contribution in [0.5, 0.6) is 0 Å². The summed E-state index contributed by atoms with van der Waals surface area (Å²) in [5, 5.41) is 7.63. The molecule has 0 radical (unpaired) electrons. The van der Waals surface area contributed by atoms with Gasteiger partial charge >= 0.3 is 0 Å². The second-order valence-corrected chi connectivity index (χ2v) is 16.4. The van der Waals surface area contributed by atoms with Crippen molar-refractivity contribution in [2.24, 2.45) is 0 Å². The van der Waals surface area contributed by atoms with Gasteiger partial charge in [-0.3, -0.25) is 0 Å². The molecule has 0 unspecified atom stereocenters. The lowest BCUT2D eigenvalue weighted by atomic mass is 9.82. The van der Waals surface area contributed by atoms with Gasteiger partial charge in [-0.25, -0.2) is 0 Å². The Bertz CT molecular complexity index is 3110. The van der Waals surface area contributed by atoms with E-state index in [-0.39, 0.29) is 5.41 Å². The fourth-order valence-electron chi connectivity index (χ4n) is 9.10. The van der Waals surface area contributed by atoms with Crippen molar-refractivity contribution in [3.05, 3.63) is 199 Å². The van der Waals surface area contributed by atoms with E-state index in [9.17, 15) is 0 Å². The highest BCUT2D eigenvalue weighted by atomic mass is 32.1. The fourth-order valence-corrected chi connectivity index (χ4v) is 10.3. The van der Waals surface area contributed by atoms with Gasteiger partial charge in [-0.15, -0.1) is 11.3 Å². The number of fused-ring (bicyclic) bond motifs is 9. The molecular formula is C53H37NS. The molecule has 1 aromatic heterocycles. The van der Waals surface area contributed by atoms with Crippen molar-refractivity contribution in [1.82, 2.24) is 0 Å². The van der Waals surface area contributed by atoms with Crippen LogP contribution in [0.2, 0.25) is 0 Å². The van der Waals surface area contributed by atoms with E-state index in [2.05, 4.69) is 207 Å². The third-order valence-corrected chi connectivity index (χ3v) is 13.1. The minimum absolute atomic E-state index is 0.103. The summed E-state index contributed by atoms with van der Waals surface area (Å²) in [6, 6.07) is 69.6. The molecule has 0 aliphatic heterocycles. The maximum absolute atomic E-state index is 2.48. The van der Waals surface area contributed by atoms with Gasteiger partial charge in [-0.1, -0.05) is 159 Å². The predicted octanol–water partition coefficient (Wildman–Crippen LogP) is 15.5. The second-order valence-electron chi connectivity index (χ2n) is 15.3. The summed E-state index contributed by atoms with van der Waals surface area (Å²) in [7, 11) is 0. The van der Waals surface area contributed by atoms with Crippen molar-refractivity contribution in [2.45, 2.75) is 19.3 Å². The molecule has 1 aliphatic carbocycles. The average molecular weight is 720 g/mol. The molecule has 11 rings (SSSR count). The van der Waals surface area contributed by atoms with Crippen LogP contribution in [-0.2, 0) is 5.41 Å². The van der Waals surface area contributed by atoms with Gasteiger partial charge < -0.3 is 4.90 Å². The van der Waals surface area contributed by atoms with Crippen molar-refractivity contribution >= 4 is 70.1 Å². The molecule has 0 saturated heterocycles. The lowest BCUT2D eigenvalue weighted by Crippen LogP contribution is -2.16. The number of hydrogen-bond acceptors (Lipinski definition) is 2. The first kappa shape index (κ1) is 32.0. The third-order valence-electron chi connectivity index (χ3n) is 11.9. The van der Waals surface area contributed by atoms with Crippen LogP contribution in [0.1, 0.15) is 25.0 Å². The van der Waals surface area contributed by atoms with Gasteiger partial charge in [0.25, 0.3) is 0 Å². The lowest BCUT2D eigenvalue weighted by molar-refractivity contribution is 0.660. The van der Waals surface area contributed by atoms with Crippen LogP contribution in [0.25, 0.3) is 75.1 Å². The van der Waals surface area contributed by atoms with E-state index in [1.165, 1.54) is 91.9 Å². The van der Waals surface area contributed by atoms with Gasteiger partial charge in [0.2, 0.25) is 0 Å². The first-order chi connectivity index (χ1) is 27.0. The highest BCUT2D eigenvalue weighted by molar-refractivity contribution is 7.26. The zero-order valence-corrected chi connectivity index (χ0v) is 31.6. The third kappa shape index (κ3) is 4.99. The SMILES string of the molecule is CC1(C)c2ccccc2-c2ccc(N(c3ccc(-c4cccc5c4sc4ccc(-c6ccccc6)cc45)cc3)c3cc4ccccc4c4ccccc34)cc21. The topological polar surface area (TPSA) is 3.24 Å². The Morgan fingerprint density at radius 2 is 1.05 bits per heavy atom. The number of benzene rings is 9. The van der Waals surface area contributed by atoms with E-state index in [0.29, 0.717) is 0 Å². The van der Waals surface area contributed by atoms with E-state index in [0.717, 1.165) is 11.4 Å². The van der Waals surface area contributed by atoms with Crippen LogP contribution >= 0.6 is 11.3 Å². The van der Waals surface area contributed by atoms with Crippen molar-refractivity contribution in [1.29, 1.82) is 0 Å². The predicted molar refractivity (Wildman–Crippen MR) is 237 cm³/mol. The summed E-state index contributed by atoms with van der Waals surface area (Å²) >= 11 is 1.89. The van der Waals surface area contributed by atoms with E-state index < -0.39 is 0 Å². The molecule has 2 heteroatoms. The molecule has 1 aliphatic rings. The molecule has 0 fully saturated rings. The summed E-state index contributed by atoms with van der Waals surface area (Å²) in [5.41, 5.74) is 13.8. The monoisotopic (exact) mass is 719 g/mol. The van der Waals surface area contributed by atoms with Crippen molar-refractivity contribution in [3.8, 4) is 33.4 Å². The molecule has 0 amide bonds. The van der Waals surface area contributed by atoms with Gasteiger partial charge in [0.05, 0.1) is 5.69 Å². The molecule has 1 heterocycles. The molecule has 0 bridgehead atoms. The average Bonchev–Trinajstić information content (AvgIpc) is 3.73. The van der Waals surface area contributed by atoms with Crippen LogP contribution < -0.4 is 4.90 Å². The van der Waals surface area contributed by atoms with Crippen LogP contribution in [0.3, 0.4) is 0 Å². The highest BCUT2D eigenvalue weighted by Crippen LogP contribution is 2.51. The van der Waals surface area contributed by atoms with Gasteiger partial charge in [0, 0.05) is 42.3 Å². The molecule has 0 atom stereocenters. The van der Waals surface area contributed by atoms with E-state index in [1.54, 1.807) is 0 Å². The van der Waals surface area contributed by atoms with Crippen molar-refractivity contribution < 1.29 is 0 Å². The smallest absolute Gasteiger partial charge is 0.0546 e. The highest BCUT2D eigenvalue weighted by Gasteiger charge is 2.36. The Labute approximate surface area is 325 Å². The molecule has 10 aromatic rings. The number of hydrogen-bond donors (Lipinski definition) is 0. The summed E-state index contributed by atoms with van der Waals surface area (Å²) < 4.78 is 2.64. The fraction of sp³-hybridized carbons (Fsp3) is 0.0566. The largest absolute Gasteiger partial charge is 0.310 e. The molecule has 1 nitrogen and oxygen atoms in total. The first-order valence-corrected chi connectivity index (χ1v) is 19.9. The van der Waals surface area contributed by atoms with Crippen molar-refractivity contribution in [2.75, 3.05) is 4.90 Å². The zero-order chi connectivity index (χ0) is 36.7. The van der Waals surface area contributed by atoms with Crippen LogP contribution in [0.4, 0.5) is 17.1 Å². The van der Waals surface area contributed by atoms with Gasteiger partial charge in [0.1, 0.15) is 0 Å². The minimum Gasteiger partial charge on any atom is -0.310 e. The molecule has 0 N–H and O–H groups in total. The summed E-state index contributed by atoms with van der Waals surface area (Å²) in [5.74, 6) is 0. The summed E-state index contributed by atoms with van der Waals surface area (Å²) in [6.07, 6.45) is 0. The standard InChI is InChI=1S/C53H37NS/c1-53(2)48-22-11-10-18-43(48)44-29-28-39(33-49(44)53)54(50-32-37-15-6-7-16-40(37)42-17-8-9-19-45(42)50)38-26-23-35(24-27-38)41-20-12-21-46-47-31-36(34-13-4-3-5-14-34)25-30-51(47)55-52(41)46/h3-33H,1-2H3. The van der Waals surface area contributed by atoms with Gasteiger partial charge in [-0.2, -0.15) is 0 Å². The Kier molecular flexibility index (Phi) is 7.14. The van der Waals surface area contributed by atoms with Crippen LogP contribution in [-0.4, -0.2) is 0 Å². The summed E-state index contributed by atoms with van der Waals surface area (Å²) in [4.78, 5) is 2.48. The maximum atomic E-state index is 2.48. The Balaban J connectivity index is 1.08. The first-order valence-electron chi connectivity index (χ1n) is 19.1. The van der Waals surface area contributed by atoms with Gasteiger partial charge in [0.15, 0.2) is 0 Å². The van der Waals surface area contributed by atoms with E-state index in [4.69, 9.17) is 0 Å². The Hall–Kier alpha value is -6.48. The number of nitrogens with zero attached hydrogens (tertiary/aromatic N) is 1. The Morgan fingerprint density at radius 1 is 0.400 bits per heavy atom.